The second kappa shape index (κ2) is 15.9. The largest absolute Gasteiger partial charge is 0.393 e. The first kappa shape index (κ1) is 34.8. The topological polar surface area (TPSA) is 148 Å². The lowest BCUT2D eigenvalue weighted by Gasteiger charge is -2.40. The van der Waals surface area contributed by atoms with Crippen molar-refractivity contribution in [1.82, 2.24) is 16.0 Å². The van der Waals surface area contributed by atoms with Crippen LogP contribution in [0.4, 0.5) is 0 Å². The van der Waals surface area contributed by atoms with Gasteiger partial charge in [-0.05, 0) is 72.0 Å². The molecule has 1 radical (unpaired) electrons. The number of aliphatic hydroxyl groups excluding tert-OH is 2. The highest BCUT2D eigenvalue weighted by Gasteiger charge is 2.53. The number of Topliss-reactive ketones (excluding diaryl/α,β-unsaturated/α-hetero) is 3. The highest BCUT2D eigenvalue weighted by Crippen LogP contribution is 2.35. The zero-order valence-corrected chi connectivity index (χ0v) is 24.0. The van der Waals surface area contributed by atoms with E-state index in [0.717, 1.165) is 0 Å². The van der Waals surface area contributed by atoms with E-state index in [-0.39, 0.29) is 30.1 Å². The minimum atomic E-state index is -2.40. The van der Waals surface area contributed by atoms with E-state index in [1.54, 1.807) is 28.1 Å². The van der Waals surface area contributed by atoms with Gasteiger partial charge in [-0.3, -0.25) is 14.4 Å². The van der Waals surface area contributed by atoms with Gasteiger partial charge in [0.2, 0.25) is 0 Å². The summed E-state index contributed by atoms with van der Waals surface area (Å²) in [6, 6.07) is -2.21. The van der Waals surface area contributed by atoms with E-state index in [0.29, 0.717) is 12.8 Å². The van der Waals surface area contributed by atoms with Crippen molar-refractivity contribution in [3.63, 3.8) is 0 Å². The van der Waals surface area contributed by atoms with Crippen LogP contribution >= 0.6 is 0 Å². The Labute approximate surface area is 218 Å². The lowest BCUT2D eigenvalue weighted by molar-refractivity contribution is -0.148. The lowest BCUT2D eigenvalue weighted by Crippen LogP contribution is -2.61. The van der Waals surface area contributed by atoms with Crippen LogP contribution < -0.4 is 16.0 Å². The van der Waals surface area contributed by atoms with Crippen LogP contribution in [0.25, 0.3) is 0 Å². The third-order valence-electron chi connectivity index (χ3n) is 6.92. The Hall–Kier alpha value is -1.23. The molecule has 6 N–H and O–H groups in total. The van der Waals surface area contributed by atoms with Crippen LogP contribution in [0.2, 0.25) is 0 Å². The number of hydrogen-bond acceptors (Lipinski definition) is 9. The fraction of sp³-hybridized carbons (Fsp3) is 0.852. The second-order valence-electron chi connectivity index (χ2n) is 11.0. The Morgan fingerprint density at radius 3 is 1.56 bits per heavy atom. The Kier molecular flexibility index (Phi) is 15.3. The van der Waals surface area contributed by atoms with E-state index < -0.39 is 59.7 Å². The molecule has 0 aromatic rings. The summed E-state index contributed by atoms with van der Waals surface area (Å²) in [4.78, 5) is 41.2. The van der Waals surface area contributed by atoms with Gasteiger partial charge in [-0.1, -0.05) is 34.6 Å². The molecule has 9 heteroatoms. The van der Waals surface area contributed by atoms with Crippen LogP contribution in [-0.2, 0) is 14.4 Å². The molecular formula is C27H52N3O6. The molecule has 0 fully saturated rings. The maximum absolute atomic E-state index is 13.9. The van der Waals surface area contributed by atoms with Gasteiger partial charge in [-0.2, -0.15) is 0 Å². The fourth-order valence-corrected chi connectivity index (χ4v) is 4.89. The maximum atomic E-state index is 13.9. The van der Waals surface area contributed by atoms with Crippen LogP contribution in [0, 0.1) is 23.7 Å². The average Bonchev–Trinajstić information content (AvgIpc) is 2.76. The number of nitrogens with one attached hydrogen (secondary N) is 3. The Balaban J connectivity index is 6.64. The van der Waals surface area contributed by atoms with Gasteiger partial charge in [0.25, 0.3) is 0 Å². The minimum Gasteiger partial charge on any atom is -0.393 e. The first-order valence-electron chi connectivity index (χ1n) is 13.2. The summed E-state index contributed by atoms with van der Waals surface area (Å²) in [7, 11) is 4.86. The first-order chi connectivity index (χ1) is 16.6. The molecule has 9 nitrogen and oxygen atoms in total. The predicted octanol–water partition coefficient (Wildman–Crippen LogP) is 1.03. The Bertz CT molecular complexity index is 697. The van der Waals surface area contributed by atoms with Gasteiger partial charge >= 0.3 is 0 Å². The minimum absolute atomic E-state index is 0.155. The van der Waals surface area contributed by atoms with Crippen molar-refractivity contribution in [2.75, 3.05) is 21.1 Å². The van der Waals surface area contributed by atoms with Crippen LogP contribution in [0.5, 0.6) is 0 Å². The van der Waals surface area contributed by atoms with E-state index in [9.17, 15) is 29.7 Å². The van der Waals surface area contributed by atoms with Gasteiger partial charge in [0.05, 0.1) is 36.3 Å². The van der Waals surface area contributed by atoms with E-state index in [1.807, 2.05) is 34.6 Å². The number of likely N-dealkylation sites (N-methyl/N-ethyl adjacent to an activating group) is 3. The maximum Gasteiger partial charge on any atom is 0.182 e. The highest BCUT2D eigenvalue weighted by atomic mass is 16.3. The number of carbonyl (C=O) groups excluding carboxylic acids is 3. The summed E-state index contributed by atoms with van der Waals surface area (Å²) < 4.78 is 0. The van der Waals surface area contributed by atoms with Crippen molar-refractivity contribution in [3.8, 4) is 0 Å². The highest BCUT2D eigenvalue weighted by molar-refractivity contribution is 6.09. The fourth-order valence-electron chi connectivity index (χ4n) is 4.89. The number of hydrogen-bond donors (Lipinski definition) is 6. The normalized spacial score (nSPS) is 19.0. The molecule has 0 aliphatic heterocycles. The van der Waals surface area contributed by atoms with Crippen molar-refractivity contribution in [2.45, 2.75) is 110 Å². The molecule has 0 spiro atoms. The number of aliphatic hydroxyl groups is 3. The number of rotatable bonds is 19. The average molecular weight is 515 g/mol. The van der Waals surface area contributed by atoms with Crippen molar-refractivity contribution in [3.05, 3.63) is 5.92 Å². The van der Waals surface area contributed by atoms with Gasteiger partial charge in [0.1, 0.15) is 5.60 Å². The van der Waals surface area contributed by atoms with Crippen LogP contribution in [0.3, 0.4) is 0 Å². The number of ketones is 3. The molecule has 4 unspecified atom stereocenters. The molecule has 0 aromatic carbocycles. The van der Waals surface area contributed by atoms with Gasteiger partial charge < -0.3 is 31.3 Å². The zero-order valence-electron chi connectivity index (χ0n) is 24.0. The van der Waals surface area contributed by atoms with Gasteiger partial charge in [-0.15, -0.1) is 0 Å². The summed E-state index contributed by atoms with van der Waals surface area (Å²) in [5, 5.41) is 40.9. The molecule has 36 heavy (non-hydrogen) atoms. The summed E-state index contributed by atoms with van der Waals surface area (Å²) in [6.07, 6.45) is -1.30. The van der Waals surface area contributed by atoms with Crippen molar-refractivity contribution in [2.24, 2.45) is 17.8 Å². The summed E-state index contributed by atoms with van der Waals surface area (Å²) in [5.74, 6) is -2.28. The third kappa shape index (κ3) is 9.58. The second-order valence-corrected chi connectivity index (χ2v) is 11.0. The monoisotopic (exact) mass is 514 g/mol. The van der Waals surface area contributed by atoms with Crippen molar-refractivity contribution < 1.29 is 29.7 Å². The molecule has 211 valence electrons. The van der Waals surface area contributed by atoms with Gasteiger partial charge in [-0.25, -0.2) is 0 Å². The summed E-state index contributed by atoms with van der Waals surface area (Å²) in [6.45, 7) is 12.4. The smallest absolute Gasteiger partial charge is 0.182 e. The van der Waals surface area contributed by atoms with Crippen LogP contribution in [0.15, 0.2) is 0 Å². The molecule has 0 bridgehead atoms. The molecule has 0 rings (SSSR count). The van der Waals surface area contributed by atoms with Crippen LogP contribution in [-0.4, -0.2) is 89.7 Å². The lowest BCUT2D eigenvalue weighted by atomic mass is 9.69. The van der Waals surface area contributed by atoms with E-state index in [2.05, 4.69) is 16.0 Å². The molecular weight excluding hydrogens is 462 g/mol. The summed E-state index contributed by atoms with van der Waals surface area (Å²) in [5.41, 5.74) is -2.40. The number of carbonyl (C=O) groups is 3. The first-order valence-corrected chi connectivity index (χ1v) is 13.2. The molecule has 7 atom stereocenters. The third-order valence-corrected chi connectivity index (χ3v) is 6.92. The van der Waals surface area contributed by atoms with Gasteiger partial charge in [0.15, 0.2) is 17.3 Å². The molecule has 0 aliphatic carbocycles. The van der Waals surface area contributed by atoms with E-state index >= 15 is 0 Å². The predicted molar refractivity (Wildman–Crippen MR) is 142 cm³/mol. The molecule has 0 heterocycles. The van der Waals surface area contributed by atoms with E-state index in [1.165, 1.54) is 6.92 Å². The summed E-state index contributed by atoms with van der Waals surface area (Å²) >= 11 is 0. The Morgan fingerprint density at radius 1 is 0.722 bits per heavy atom. The quantitative estimate of drug-likeness (QED) is 0.149. The molecule has 0 saturated heterocycles. The standard InChI is InChI=1S/C27H52N3O6/c1-15(2)22(28-8)25(34)20(13-19(7)32)27(36,26(35)23(29-9)16(3)4)14-21(33)24(30-10)17(5)11-12-18(6)31/h15-19,22-24,28-32,36H,11-14H2,1-10H3/t17?,18?,19?,22-,23-,24-,27?/m0/s1. The molecule has 0 saturated carbocycles. The van der Waals surface area contributed by atoms with Gasteiger partial charge in [0, 0.05) is 6.42 Å². The zero-order chi connectivity index (χ0) is 28.4. The SMILES string of the molecule is CN[C@H](C(=O)[C](CC(C)O)C(O)(CC(=O)[C@@H](NC)C(C)CCC(C)O)C(=O)[C@@H](NC)C(C)C)C(C)C. The van der Waals surface area contributed by atoms with Crippen LogP contribution in [0.1, 0.15) is 74.1 Å². The molecule has 0 amide bonds. The van der Waals surface area contributed by atoms with E-state index in [4.69, 9.17) is 0 Å². The molecule has 0 aromatic heterocycles. The molecule has 0 aliphatic rings. The van der Waals surface area contributed by atoms with Crippen molar-refractivity contribution in [1.29, 1.82) is 0 Å². The van der Waals surface area contributed by atoms with Crippen molar-refractivity contribution >= 4 is 17.3 Å². The Morgan fingerprint density at radius 2 is 1.19 bits per heavy atom.